The summed E-state index contributed by atoms with van der Waals surface area (Å²) in [5, 5.41) is 3.39. The van der Waals surface area contributed by atoms with Crippen molar-refractivity contribution in [2.45, 2.75) is 13.0 Å². The number of rotatable bonds is 3. The van der Waals surface area contributed by atoms with Crippen LogP contribution in [-0.4, -0.2) is 74.8 Å². The third-order valence-electron chi connectivity index (χ3n) is 3.25. The average molecular weight is 354 g/mol. The van der Waals surface area contributed by atoms with Crippen molar-refractivity contribution in [3.63, 3.8) is 0 Å². The molecule has 1 fully saturated rings. The van der Waals surface area contributed by atoms with E-state index in [1.165, 1.54) is 0 Å². The normalized spacial score (nSPS) is 25.4. The lowest BCUT2D eigenvalue weighted by atomic mass is 10.2. The zero-order valence-electron chi connectivity index (χ0n) is 10.7. The van der Waals surface area contributed by atoms with E-state index in [0.29, 0.717) is 6.04 Å². The second kappa shape index (κ2) is 7.38. The smallest absolute Gasteiger partial charge is 0.193 e. The fourth-order valence-corrected chi connectivity index (χ4v) is 2.13. The molecule has 6 heteroatoms. The van der Waals surface area contributed by atoms with Crippen molar-refractivity contribution < 1.29 is 4.74 Å². The SMILES string of the molecule is CC1COCCN1CCNC1=NCCN1C.I. The van der Waals surface area contributed by atoms with Gasteiger partial charge in [-0.15, -0.1) is 24.0 Å². The Labute approximate surface area is 121 Å². The molecule has 0 amide bonds. The first-order chi connectivity index (χ1) is 7.77. The van der Waals surface area contributed by atoms with Crippen LogP contribution in [-0.2, 0) is 4.74 Å². The van der Waals surface area contributed by atoms with Gasteiger partial charge in [0.1, 0.15) is 0 Å². The predicted molar refractivity (Wildman–Crippen MR) is 80.2 cm³/mol. The number of ether oxygens (including phenoxy) is 1. The van der Waals surface area contributed by atoms with E-state index in [4.69, 9.17) is 4.74 Å². The van der Waals surface area contributed by atoms with Crippen LogP contribution in [0.5, 0.6) is 0 Å². The number of guanidine groups is 1. The maximum absolute atomic E-state index is 5.41. The Hall–Kier alpha value is -0.0800. The van der Waals surface area contributed by atoms with E-state index in [1.807, 2.05) is 0 Å². The Bertz CT molecular complexity index is 262. The molecule has 0 aromatic heterocycles. The Kier molecular flexibility index (Phi) is 6.50. The molecule has 5 nitrogen and oxygen atoms in total. The average Bonchev–Trinajstić information content (AvgIpc) is 2.67. The van der Waals surface area contributed by atoms with Crippen molar-refractivity contribution in [3.8, 4) is 0 Å². The molecular weight excluding hydrogens is 331 g/mol. The van der Waals surface area contributed by atoms with Gasteiger partial charge in [-0.3, -0.25) is 9.89 Å². The van der Waals surface area contributed by atoms with Gasteiger partial charge in [0.2, 0.25) is 0 Å². The summed E-state index contributed by atoms with van der Waals surface area (Å²) >= 11 is 0. The molecule has 0 bridgehead atoms. The zero-order valence-corrected chi connectivity index (χ0v) is 13.0. The number of hydrogen-bond acceptors (Lipinski definition) is 5. The first-order valence-corrected chi connectivity index (χ1v) is 6.08. The zero-order chi connectivity index (χ0) is 11.4. The molecule has 2 rings (SSSR count). The Balaban J connectivity index is 0.00000144. The highest BCUT2D eigenvalue weighted by molar-refractivity contribution is 14.0. The fourth-order valence-electron chi connectivity index (χ4n) is 2.13. The summed E-state index contributed by atoms with van der Waals surface area (Å²) < 4.78 is 5.41. The molecule has 0 spiro atoms. The quantitative estimate of drug-likeness (QED) is 0.736. The van der Waals surface area contributed by atoms with Gasteiger partial charge in [-0.25, -0.2) is 0 Å². The highest BCUT2D eigenvalue weighted by Crippen LogP contribution is 2.04. The van der Waals surface area contributed by atoms with Crippen LogP contribution in [0.15, 0.2) is 4.99 Å². The summed E-state index contributed by atoms with van der Waals surface area (Å²) in [4.78, 5) is 9.04. The molecule has 2 aliphatic heterocycles. The maximum Gasteiger partial charge on any atom is 0.193 e. The molecule has 0 radical (unpaired) electrons. The molecule has 0 aromatic carbocycles. The van der Waals surface area contributed by atoms with Crippen LogP contribution in [0.3, 0.4) is 0 Å². The molecule has 1 N–H and O–H groups in total. The molecule has 0 aliphatic carbocycles. The van der Waals surface area contributed by atoms with Crippen molar-refractivity contribution in [2.75, 3.05) is 53.0 Å². The third-order valence-corrected chi connectivity index (χ3v) is 3.25. The minimum absolute atomic E-state index is 0. The van der Waals surface area contributed by atoms with Gasteiger partial charge in [-0.2, -0.15) is 0 Å². The van der Waals surface area contributed by atoms with Gasteiger partial charge in [0.05, 0.1) is 19.8 Å². The fraction of sp³-hybridized carbons (Fsp3) is 0.909. The van der Waals surface area contributed by atoms with E-state index in [9.17, 15) is 0 Å². The van der Waals surface area contributed by atoms with Crippen molar-refractivity contribution in [3.05, 3.63) is 0 Å². The summed E-state index contributed by atoms with van der Waals surface area (Å²) in [7, 11) is 2.08. The highest BCUT2D eigenvalue weighted by atomic mass is 127. The van der Waals surface area contributed by atoms with E-state index in [0.717, 1.165) is 51.9 Å². The summed E-state index contributed by atoms with van der Waals surface area (Å²) in [6, 6.07) is 0.541. The summed E-state index contributed by atoms with van der Waals surface area (Å²) in [6.07, 6.45) is 0. The van der Waals surface area contributed by atoms with Crippen LogP contribution in [0.2, 0.25) is 0 Å². The third kappa shape index (κ3) is 4.26. The summed E-state index contributed by atoms with van der Waals surface area (Å²) in [5.41, 5.74) is 0. The summed E-state index contributed by atoms with van der Waals surface area (Å²) in [5.74, 6) is 1.04. The first kappa shape index (κ1) is 15.0. The summed E-state index contributed by atoms with van der Waals surface area (Å²) in [6.45, 7) is 8.99. The number of aliphatic imine (C=N–C) groups is 1. The molecule has 2 heterocycles. The van der Waals surface area contributed by atoms with Crippen molar-refractivity contribution in [2.24, 2.45) is 4.99 Å². The van der Waals surface area contributed by atoms with Gasteiger partial charge in [-0.1, -0.05) is 0 Å². The second-order valence-corrected chi connectivity index (χ2v) is 4.51. The van der Waals surface area contributed by atoms with Crippen LogP contribution < -0.4 is 5.32 Å². The maximum atomic E-state index is 5.41. The standard InChI is InChI=1S/C11H22N4O.HI/c1-10-9-16-8-7-15(10)6-4-13-11-12-3-5-14(11)2;/h10H,3-9H2,1-2H3,(H,12,13);1H. The molecule has 100 valence electrons. The van der Waals surface area contributed by atoms with Crippen LogP contribution in [0.25, 0.3) is 0 Å². The topological polar surface area (TPSA) is 40.1 Å². The molecule has 1 atom stereocenters. The first-order valence-electron chi connectivity index (χ1n) is 6.08. The Morgan fingerprint density at radius 3 is 2.94 bits per heavy atom. The highest BCUT2D eigenvalue weighted by Gasteiger charge is 2.18. The van der Waals surface area contributed by atoms with Gasteiger partial charge in [0.25, 0.3) is 0 Å². The number of nitrogens with zero attached hydrogens (tertiary/aromatic N) is 3. The monoisotopic (exact) mass is 354 g/mol. The van der Waals surface area contributed by atoms with Crippen LogP contribution >= 0.6 is 24.0 Å². The molecule has 0 saturated carbocycles. The number of morpholine rings is 1. The lowest BCUT2D eigenvalue weighted by Crippen LogP contribution is -2.47. The number of likely N-dealkylation sites (N-methyl/N-ethyl adjacent to an activating group) is 1. The Morgan fingerprint density at radius 2 is 2.29 bits per heavy atom. The van der Waals surface area contributed by atoms with Crippen molar-refractivity contribution in [1.29, 1.82) is 0 Å². The number of halogens is 1. The molecule has 1 unspecified atom stereocenters. The number of nitrogens with one attached hydrogen (secondary N) is 1. The Morgan fingerprint density at radius 1 is 1.47 bits per heavy atom. The van der Waals surface area contributed by atoms with Crippen LogP contribution in [0.1, 0.15) is 6.92 Å². The lowest BCUT2D eigenvalue weighted by molar-refractivity contribution is 0.000848. The molecule has 17 heavy (non-hydrogen) atoms. The number of hydrogen-bond donors (Lipinski definition) is 1. The second-order valence-electron chi connectivity index (χ2n) is 4.51. The van der Waals surface area contributed by atoms with Crippen molar-refractivity contribution in [1.82, 2.24) is 15.1 Å². The molecule has 2 aliphatic rings. The molecular formula is C11H23IN4O. The van der Waals surface area contributed by atoms with Gasteiger partial charge < -0.3 is 15.0 Å². The predicted octanol–water partition coefficient (Wildman–Crippen LogP) is 0.216. The van der Waals surface area contributed by atoms with E-state index >= 15 is 0 Å². The van der Waals surface area contributed by atoms with Gasteiger partial charge in [0.15, 0.2) is 5.96 Å². The largest absolute Gasteiger partial charge is 0.379 e. The molecule has 0 aromatic rings. The van der Waals surface area contributed by atoms with E-state index < -0.39 is 0 Å². The minimum Gasteiger partial charge on any atom is -0.379 e. The van der Waals surface area contributed by atoms with Crippen LogP contribution in [0, 0.1) is 0 Å². The minimum atomic E-state index is 0. The lowest BCUT2D eigenvalue weighted by Gasteiger charge is -2.33. The van der Waals surface area contributed by atoms with Crippen LogP contribution in [0.4, 0.5) is 0 Å². The van der Waals surface area contributed by atoms with Crippen molar-refractivity contribution >= 4 is 29.9 Å². The van der Waals surface area contributed by atoms with Gasteiger partial charge in [-0.05, 0) is 6.92 Å². The van der Waals surface area contributed by atoms with E-state index in [-0.39, 0.29) is 24.0 Å². The van der Waals surface area contributed by atoms with E-state index in [2.05, 4.69) is 34.1 Å². The van der Waals surface area contributed by atoms with E-state index in [1.54, 1.807) is 0 Å². The molecule has 1 saturated heterocycles. The van der Waals surface area contributed by atoms with Gasteiger partial charge in [0, 0.05) is 39.3 Å². The van der Waals surface area contributed by atoms with Gasteiger partial charge >= 0.3 is 0 Å².